The van der Waals surface area contributed by atoms with E-state index < -0.39 is 0 Å². The number of rotatable bonds is 2. The lowest BCUT2D eigenvalue weighted by Crippen LogP contribution is -2.50. The molecule has 138 valence electrons. The maximum absolute atomic E-state index is 12.9. The molecule has 0 aliphatic carbocycles. The molecule has 2 aromatic rings. The van der Waals surface area contributed by atoms with E-state index in [0.29, 0.717) is 36.6 Å². The van der Waals surface area contributed by atoms with E-state index in [2.05, 4.69) is 9.97 Å². The summed E-state index contributed by atoms with van der Waals surface area (Å²) in [6.45, 7) is 8.02. The minimum Gasteiger partial charge on any atom is -0.335 e. The first-order valence-electron chi connectivity index (χ1n) is 8.48. The number of aromatic amines is 1. The largest absolute Gasteiger partial charge is 0.335 e. The van der Waals surface area contributed by atoms with Crippen molar-refractivity contribution in [3.63, 3.8) is 0 Å². The Kier molecular flexibility index (Phi) is 4.95. The number of carbonyl (C=O) groups is 2. The van der Waals surface area contributed by atoms with Crippen molar-refractivity contribution < 1.29 is 9.59 Å². The van der Waals surface area contributed by atoms with Crippen LogP contribution in [0.15, 0.2) is 28.6 Å². The summed E-state index contributed by atoms with van der Waals surface area (Å²) in [4.78, 5) is 47.5. The summed E-state index contributed by atoms with van der Waals surface area (Å²) in [5, 5.41) is 0. The third-order valence-corrected chi connectivity index (χ3v) is 5.17. The first kappa shape index (κ1) is 18.3. The lowest BCUT2D eigenvalue weighted by atomic mass is 9.91. The van der Waals surface area contributed by atoms with E-state index in [4.69, 9.17) is 0 Å². The lowest BCUT2D eigenvalue weighted by molar-refractivity contribution is 0.0536. The molecular formula is C18H22N4O3S. The van der Waals surface area contributed by atoms with Gasteiger partial charge in [0.1, 0.15) is 4.88 Å². The van der Waals surface area contributed by atoms with Crippen LogP contribution in [-0.2, 0) is 5.41 Å². The molecule has 0 bridgehead atoms. The first-order chi connectivity index (χ1) is 12.3. The van der Waals surface area contributed by atoms with Crippen LogP contribution in [-0.4, -0.2) is 57.8 Å². The topological polar surface area (TPSA) is 86.4 Å². The molecule has 1 saturated heterocycles. The summed E-state index contributed by atoms with van der Waals surface area (Å²) in [7, 11) is 0. The number of thiazole rings is 1. The molecule has 1 aliphatic rings. The highest BCUT2D eigenvalue weighted by Gasteiger charge is 2.30. The summed E-state index contributed by atoms with van der Waals surface area (Å²) < 4.78 is 0. The molecule has 26 heavy (non-hydrogen) atoms. The summed E-state index contributed by atoms with van der Waals surface area (Å²) in [5.41, 5.74) is 2.55. The molecule has 1 N–H and O–H groups in total. The van der Waals surface area contributed by atoms with E-state index in [-0.39, 0.29) is 22.8 Å². The number of carbonyl (C=O) groups excluding carboxylic acids is 2. The third kappa shape index (κ3) is 3.70. The monoisotopic (exact) mass is 374 g/mol. The number of H-pyrrole nitrogens is 1. The highest BCUT2D eigenvalue weighted by molar-refractivity contribution is 7.11. The summed E-state index contributed by atoms with van der Waals surface area (Å²) in [6.07, 6.45) is 1.43. The van der Waals surface area contributed by atoms with Crippen LogP contribution in [0.1, 0.15) is 46.5 Å². The molecule has 3 rings (SSSR count). The Hall–Kier alpha value is -2.48. The van der Waals surface area contributed by atoms with Crippen molar-refractivity contribution >= 4 is 23.2 Å². The van der Waals surface area contributed by atoms with E-state index in [9.17, 15) is 14.4 Å². The molecule has 2 amide bonds. The molecule has 0 spiro atoms. The average Bonchev–Trinajstić information content (AvgIpc) is 3.11. The Labute approximate surface area is 155 Å². The minimum atomic E-state index is -0.240. The quantitative estimate of drug-likeness (QED) is 0.867. The Balaban J connectivity index is 1.66. The van der Waals surface area contributed by atoms with Crippen molar-refractivity contribution in [2.45, 2.75) is 26.2 Å². The van der Waals surface area contributed by atoms with E-state index >= 15 is 0 Å². The van der Waals surface area contributed by atoms with Gasteiger partial charge in [-0.15, -0.1) is 11.3 Å². The Bertz CT molecular complexity index is 853. The van der Waals surface area contributed by atoms with Gasteiger partial charge < -0.3 is 14.8 Å². The van der Waals surface area contributed by atoms with Crippen molar-refractivity contribution in [3.05, 3.63) is 50.3 Å². The molecular weight excluding hydrogens is 352 g/mol. The fourth-order valence-corrected chi connectivity index (χ4v) is 3.88. The lowest BCUT2D eigenvalue weighted by Gasteiger charge is -2.35. The van der Waals surface area contributed by atoms with Crippen LogP contribution in [0.5, 0.6) is 0 Å². The van der Waals surface area contributed by atoms with Crippen LogP contribution in [0, 0.1) is 0 Å². The maximum Gasteiger partial charge on any atom is 0.266 e. The van der Waals surface area contributed by atoms with Gasteiger partial charge in [-0.1, -0.05) is 20.8 Å². The molecule has 8 heteroatoms. The molecule has 0 radical (unpaired) electrons. The number of aromatic nitrogens is 2. The van der Waals surface area contributed by atoms with Crippen molar-refractivity contribution in [3.8, 4) is 0 Å². The number of nitrogens with zero attached hydrogens (tertiary/aromatic N) is 3. The molecule has 0 unspecified atom stereocenters. The third-order valence-electron chi connectivity index (χ3n) is 4.36. The second kappa shape index (κ2) is 7.03. The fourth-order valence-electron chi connectivity index (χ4n) is 2.91. The van der Waals surface area contributed by atoms with E-state index in [0.717, 1.165) is 5.69 Å². The van der Waals surface area contributed by atoms with Crippen LogP contribution < -0.4 is 5.56 Å². The van der Waals surface area contributed by atoms with Crippen molar-refractivity contribution in [1.82, 2.24) is 19.8 Å². The number of hydrogen-bond donors (Lipinski definition) is 1. The number of hydrogen-bond acceptors (Lipinski definition) is 5. The minimum absolute atomic E-state index is 0.0198. The van der Waals surface area contributed by atoms with Crippen molar-refractivity contribution in [2.75, 3.05) is 26.2 Å². The summed E-state index contributed by atoms with van der Waals surface area (Å²) in [5.74, 6) is -0.157. The van der Waals surface area contributed by atoms with Gasteiger partial charge in [0, 0.05) is 43.9 Å². The van der Waals surface area contributed by atoms with Crippen molar-refractivity contribution in [1.29, 1.82) is 0 Å². The molecule has 7 nitrogen and oxygen atoms in total. The standard InChI is InChI=1S/C18H22N4O3S/c1-18(2,3)15-14(26-11-20-15)17(25)22-8-6-21(7-9-22)16(24)12-4-5-13(23)19-10-12/h4-5,10-11H,6-9H2,1-3H3,(H,19,23). The van der Waals surface area contributed by atoms with Gasteiger partial charge >= 0.3 is 0 Å². The molecule has 0 saturated carbocycles. The van der Waals surface area contributed by atoms with Gasteiger partial charge in [0.05, 0.1) is 16.8 Å². The second-order valence-electron chi connectivity index (χ2n) is 7.31. The Morgan fingerprint density at radius 1 is 1.08 bits per heavy atom. The predicted molar refractivity (Wildman–Crippen MR) is 99.7 cm³/mol. The van der Waals surface area contributed by atoms with Crippen LogP contribution in [0.2, 0.25) is 0 Å². The van der Waals surface area contributed by atoms with Crippen LogP contribution in [0.4, 0.5) is 0 Å². The first-order valence-corrected chi connectivity index (χ1v) is 9.36. The molecule has 0 aromatic carbocycles. The van der Waals surface area contributed by atoms with Crippen LogP contribution in [0.25, 0.3) is 0 Å². The van der Waals surface area contributed by atoms with Gasteiger partial charge in [-0.2, -0.15) is 0 Å². The molecule has 1 fully saturated rings. The molecule has 3 heterocycles. The van der Waals surface area contributed by atoms with Gasteiger partial charge in [0.2, 0.25) is 5.56 Å². The average molecular weight is 374 g/mol. The van der Waals surface area contributed by atoms with Gasteiger partial charge in [-0.3, -0.25) is 14.4 Å². The predicted octanol–water partition coefficient (Wildman–Crippen LogP) is 1.73. The highest BCUT2D eigenvalue weighted by atomic mass is 32.1. The van der Waals surface area contributed by atoms with Gasteiger partial charge in [-0.05, 0) is 6.07 Å². The normalized spacial score (nSPS) is 15.2. The summed E-state index contributed by atoms with van der Waals surface area (Å²) in [6, 6.07) is 2.86. The fraction of sp³-hybridized carbons (Fsp3) is 0.444. The zero-order valence-corrected chi connectivity index (χ0v) is 15.9. The highest BCUT2D eigenvalue weighted by Crippen LogP contribution is 2.28. The van der Waals surface area contributed by atoms with Gasteiger partial charge in [-0.25, -0.2) is 4.98 Å². The zero-order valence-electron chi connectivity index (χ0n) is 15.1. The number of pyridine rings is 1. The van der Waals surface area contributed by atoms with E-state index in [1.165, 1.54) is 29.7 Å². The number of piperazine rings is 1. The zero-order chi connectivity index (χ0) is 18.9. The molecule has 2 aromatic heterocycles. The number of amides is 2. The summed E-state index contributed by atoms with van der Waals surface area (Å²) >= 11 is 1.37. The van der Waals surface area contributed by atoms with Crippen LogP contribution in [0.3, 0.4) is 0 Å². The molecule has 1 aliphatic heterocycles. The van der Waals surface area contributed by atoms with Crippen molar-refractivity contribution in [2.24, 2.45) is 0 Å². The Morgan fingerprint density at radius 3 is 2.23 bits per heavy atom. The van der Waals surface area contributed by atoms with Gasteiger partial charge in [0.25, 0.3) is 11.8 Å². The molecule has 0 atom stereocenters. The smallest absolute Gasteiger partial charge is 0.266 e. The van der Waals surface area contributed by atoms with Gasteiger partial charge in [0.15, 0.2) is 0 Å². The number of nitrogens with one attached hydrogen (secondary N) is 1. The van der Waals surface area contributed by atoms with E-state index in [1.54, 1.807) is 15.3 Å². The second-order valence-corrected chi connectivity index (χ2v) is 8.16. The maximum atomic E-state index is 12.9. The Morgan fingerprint density at radius 2 is 1.69 bits per heavy atom. The van der Waals surface area contributed by atoms with Crippen LogP contribution >= 0.6 is 11.3 Å². The SMILES string of the molecule is CC(C)(C)c1ncsc1C(=O)N1CCN(C(=O)c2ccc(=O)[nH]c2)CC1. The van der Waals surface area contributed by atoms with E-state index in [1.807, 2.05) is 20.8 Å².